The van der Waals surface area contributed by atoms with E-state index in [9.17, 15) is 9.18 Å². The molecule has 1 rings (SSSR count). The van der Waals surface area contributed by atoms with Crippen LogP contribution in [-0.2, 0) is 9.53 Å². The minimum Gasteiger partial charge on any atom is -0.372 e. The Morgan fingerprint density at radius 1 is 1.60 bits per heavy atom. The van der Waals surface area contributed by atoms with Crippen molar-refractivity contribution in [3.05, 3.63) is 24.1 Å². The quantitative estimate of drug-likeness (QED) is 0.722. The Kier molecular flexibility index (Phi) is 3.99. The molecule has 82 valence electrons. The summed E-state index contributed by atoms with van der Waals surface area (Å²) in [5, 5.41) is 0. The highest BCUT2D eigenvalue weighted by molar-refractivity contribution is 5.81. The molecule has 0 aliphatic heterocycles. The van der Waals surface area contributed by atoms with E-state index in [1.165, 1.54) is 19.2 Å². The van der Waals surface area contributed by atoms with Gasteiger partial charge in [0.1, 0.15) is 17.7 Å². The van der Waals surface area contributed by atoms with Gasteiger partial charge in [-0.25, -0.2) is 9.37 Å². The predicted molar refractivity (Wildman–Crippen MR) is 52.4 cm³/mol. The van der Waals surface area contributed by atoms with Gasteiger partial charge in [-0.2, -0.15) is 0 Å². The van der Waals surface area contributed by atoms with Crippen LogP contribution in [-0.4, -0.2) is 24.1 Å². The van der Waals surface area contributed by atoms with Crippen molar-refractivity contribution in [2.45, 2.75) is 13.0 Å². The molecule has 0 bridgehead atoms. The Balaban J connectivity index is 2.43. The summed E-state index contributed by atoms with van der Waals surface area (Å²) >= 11 is 0. The number of hydrogen-bond acceptors (Lipinski definition) is 4. The molecule has 0 aliphatic carbocycles. The van der Waals surface area contributed by atoms with E-state index in [-0.39, 0.29) is 5.91 Å². The van der Waals surface area contributed by atoms with E-state index in [1.54, 1.807) is 6.92 Å². The summed E-state index contributed by atoms with van der Waals surface area (Å²) < 4.78 is 17.3. The molecule has 15 heavy (non-hydrogen) atoms. The van der Waals surface area contributed by atoms with Crippen molar-refractivity contribution in [3.8, 4) is 0 Å². The maximum atomic E-state index is 12.5. The average Bonchev–Trinajstić information content (AvgIpc) is 2.26. The van der Waals surface area contributed by atoms with Gasteiger partial charge in [0.05, 0.1) is 6.20 Å². The fraction of sp³-hybridized carbons (Fsp3) is 0.333. The molecule has 0 radical (unpaired) electrons. The summed E-state index contributed by atoms with van der Waals surface area (Å²) in [6.07, 6.45) is 0.492. The Bertz CT molecular complexity index is 329. The molecule has 0 aromatic carbocycles. The van der Waals surface area contributed by atoms with Crippen LogP contribution in [0.5, 0.6) is 0 Å². The third kappa shape index (κ3) is 3.51. The lowest BCUT2D eigenvalue weighted by atomic mass is 10.4. The Morgan fingerprint density at radius 3 is 2.87 bits per heavy atom. The largest absolute Gasteiger partial charge is 0.372 e. The highest BCUT2D eigenvalue weighted by Crippen LogP contribution is 2.01. The maximum absolute atomic E-state index is 12.5. The van der Waals surface area contributed by atoms with Crippen LogP contribution in [0, 0.1) is 5.82 Å². The number of hydrazine groups is 1. The van der Waals surface area contributed by atoms with E-state index in [0.29, 0.717) is 5.82 Å². The van der Waals surface area contributed by atoms with Crippen molar-refractivity contribution < 1.29 is 13.9 Å². The van der Waals surface area contributed by atoms with Gasteiger partial charge in [-0.3, -0.25) is 15.6 Å². The number of methoxy groups -OCH3 is 1. The van der Waals surface area contributed by atoms with Crippen molar-refractivity contribution in [2.75, 3.05) is 12.5 Å². The molecule has 0 fully saturated rings. The summed E-state index contributed by atoms with van der Waals surface area (Å²) in [4.78, 5) is 14.9. The molecule has 0 aliphatic rings. The van der Waals surface area contributed by atoms with Gasteiger partial charge >= 0.3 is 0 Å². The van der Waals surface area contributed by atoms with Crippen LogP contribution in [0.2, 0.25) is 0 Å². The monoisotopic (exact) mass is 213 g/mol. The number of carbonyl (C=O) groups is 1. The van der Waals surface area contributed by atoms with Gasteiger partial charge in [-0.05, 0) is 19.1 Å². The maximum Gasteiger partial charge on any atom is 0.267 e. The van der Waals surface area contributed by atoms with Crippen LogP contribution in [0.15, 0.2) is 18.3 Å². The highest BCUT2D eigenvalue weighted by Gasteiger charge is 2.10. The lowest BCUT2D eigenvalue weighted by molar-refractivity contribution is -0.129. The number of anilines is 1. The smallest absolute Gasteiger partial charge is 0.267 e. The first kappa shape index (κ1) is 11.4. The van der Waals surface area contributed by atoms with E-state index in [4.69, 9.17) is 4.74 Å². The van der Waals surface area contributed by atoms with E-state index in [2.05, 4.69) is 15.8 Å². The van der Waals surface area contributed by atoms with Crippen LogP contribution in [0.25, 0.3) is 0 Å². The first-order valence-electron chi connectivity index (χ1n) is 4.33. The molecule has 5 nitrogen and oxygen atoms in total. The van der Waals surface area contributed by atoms with Crippen LogP contribution in [0.4, 0.5) is 10.2 Å². The van der Waals surface area contributed by atoms with Crippen molar-refractivity contribution >= 4 is 11.7 Å². The van der Waals surface area contributed by atoms with Crippen molar-refractivity contribution in [3.63, 3.8) is 0 Å². The van der Waals surface area contributed by atoms with Crippen molar-refractivity contribution in [2.24, 2.45) is 0 Å². The molecule has 1 amide bonds. The van der Waals surface area contributed by atoms with E-state index in [0.717, 1.165) is 6.20 Å². The Morgan fingerprint density at radius 2 is 2.33 bits per heavy atom. The van der Waals surface area contributed by atoms with Gasteiger partial charge in [-0.15, -0.1) is 0 Å². The van der Waals surface area contributed by atoms with Gasteiger partial charge < -0.3 is 4.74 Å². The molecule has 1 heterocycles. The second-order valence-corrected chi connectivity index (χ2v) is 2.85. The zero-order valence-corrected chi connectivity index (χ0v) is 8.45. The number of pyridine rings is 1. The summed E-state index contributed by atoms with van der Waals surface area (Å²) in [5.74, 6) is -0.409. The number of rotatable bonds is 4. The fourth-order valence-corrected chi connectivity index (χ4v) is 0.784. The van der Waals surface area contributed by atoms with Gasteiger partial charge in [0.2, 0.25) is 0 Å². The lowest BCUT2D eigenvalue weighted by Crippen LogP contribution is -2.37. The third-order valence-corrected chi connectivity index (χ3v) is 1.76. The number of halogens is 1. The average molecular weight is 213 g/mol. The molecule has 0 saturated heterocycles. The normalized spacial score (nSPS) is 11.9. The molecule has 2 N–H and O–H groups in total. The molecular formula is C9H12FN3O2. The fourth-order valence-electron chi connectivity index (χ4n) is 0.784. The molecule has 1 aromatic rings. The number of nitrogens with zero attached hydrogens (tertiary/aromatic N) is 1. The highest BCUT2D eigenvalue weighted by atomic mass is 19.1. The standard InChI is InChI=1S/C9H12FN3O2/c1-6(15-2)9(14)13-12-8-4-3-7(10)5-11-8/h3-6H,1-2H3,(H,11,12)(H,13,14). The summed E-state index contributed by atoms with van der Waals surface area (Å²) in [6.45, 7) is 1.61. The molecule has 1 aromatic heterocycles. The van der Waals surface area contributed by atoms with Gasteiger partial charge in [0, 0.05) is 7.11 Å². The van der Waals surface area contributed by atoms with E-state index >= 15 is 0 Å². The first-order valence-corrected chi connectivity index (χ1v) is 4.33. The molecular weight excluding hydrogens is 201 g/mol. The molecule has 0 saturated carbocycles. The molecule has 1 unspecified atom stereocenters. The van der Waals surface area contributed by atoms with E-state index < -0.39 is 11.9 Å². The first-order chi connectivity index (χ1) is 7.13. The van der Waals surface area contributed by atoms with Gasteiger partial charge in [-0.1, -0.05) is 0 Å². The van der Waals surface area contributed by atoms with Gasteiger partial charge in [0.15, 0.2) is 0 Å². The van der Waals surface area contributed by atoms with Crippen molar-refractivity contribution in [1.82, 2.24) is 10.4 Å². The SMILES string of the molecule is COC(C)C(=O)NNc1ccc(F)cn1. The Labute approximate surface area is 86.6 Å². The van der Waals surface area contributed by atoms with Crippen molar-refractivity contribution in [1.29, 1.82) is 0 Å². The van der Waals surface area contributed by atoms with Crippen LogP contribution in [0.1, 0.15) is 6.92 Å². The number of hydrogen-bond donors (Lipinski definition) is 2. The second-order valence-electron chi connectivity index (χ2n) is 2.85. The van der Waals surface area contributed by atoms with Crippen LogP contribution < -0.4 is 10.9 Å². The minimum atomic E-state index is -0.557. The second kappa shape index (κ2) is 5.26. The molecule has 0 spiro atoms. The number of amides is 1. The number of aromatic nitrogens is 1. The molecule has 6 heteroatoms. The number of carbonyl (C=O) groups excluding carboxylic acids is 1. The summed E-state index contributed by atoms with van der Waals surface area (Å²) in [6, 6.07) is 2.65. The Hall–Kier alpha value is -1.69. The van der Waals surface area contributed by atoms with Gasteiger partial charge in [0.25, 0.3) is 5.91 Å². The zero-order chi connectivity index (χ0) is 11.3. The number of nitrogens with one attached hydrogen (secondary N) is 2. The predicted octanol–water partition coefficient (Wildman–Crippen LogP) is 0.699. The third-order valence-electron chi connectivity index (χ3n) is 1.76. The van der Waals surface area contributed by atoms with E-state index in [1.807, 2.05) is 0 Å². The zero-order valence-electron chi connectivity index (χ0n) is 8.45. The van der Waals surface area contributed by atoms with Crippen LogP contribution >= 0.6 is 0 Å². The molecule has 1 atom stereocenters. The van der Waals surface area contributed by atoms with Crippen LogP contribution in [0.3, 0.4) is 0 Å². The number of ether oxygens (including phenoxy) is 1. The summed E-state index contributed by atoms with van der Waals surface area (Å²) in [5.41, 5.74) is 4.90. The summed E-state index contributed by atoms with van der Waals surface area (Å²) in [7, 11) is 1.43. The lowest BCUT2D eigenvalue weighted by Gasteiger charge is -2.11. The topological polar surface area (TPSA) is 63.2 Å². The minimum absolute atomic E-state index is 0.330.